The number of nitriles is 1. The molecule has 2 saturated carbocycles. The Labute approximate surface area is 453 Å². The predicted octanol–water partition coefficient (Wildman–Crippen LogP) is 12.2. The number of imidazole rings is 1. The number of halogens is 4. The summed E-state index contributed by atoms with van der Waals surface area (Å²) in [7, 11) is 0. The number of fused-ring (bicyclic) bond motifs is 2. The van der Waals surface area contributed by atoms with Crippen molar-refractivity contribution >= 4 is 72.4 Å². The lowest BCUT2D eigenvalue weighted by Gasteiger charge is -2.30. The van der Waals surface area contributed by atoms with E-state index >= 15 is 4.39 Å². The Balaban J connectivity index is 0.000000159. The zero-order valence-electron chi connectivity index (χ0n) is 41.3. The molecule has 20 heteroatoms. The number of hydrogen-bond acceptors (Lipinski definition) is 14. The Hall–Kier alpha value is -7.60. The third-order valence-electron chi connectivity index (χ3n) is 13.3. The maximum Gasteiger partial charge on any atom is 0.457 e. The molecular weight excluding hydrogens is 1100 g/mol. The highest BCUT2D eigenvalue weighted by Gasteiger charge is 2.46. The van der Waals surface area contributed by atoms with Crippen LogP contribution in [0, 0.1) is 70.6 Å². The Morgan fingerprint density at radius 3 is 1.99 bits per heavy atom. The van der Waals surface area contributed by atoms with Crippen LogP contribution >= 0.6 is 31.9 Å². The van der Waals surface area contributed by atoms with E-state index in [-0.39, 0.29) is 41.9 Å². The van der Waals surface area contributed by atoms with E-state index in [9.17, 15) is 19.6 Å². The summed E-state index contributed by atoms with van der Waals surface area (Å²) in [5.74, 6) is 1.70. The molecule has 3 aliphatic rings. The smallest absolute Gasteiger partial charge is 0.457 e. The molecule has 15 nitrogen and oxygen atoms in total. The SMILES string of the molecule is C.Cc1nc(Br)cc(C(O)(c2ccccn2)c2cc(-c3c(C)noc3C)cc3[nH]c(C4CC4)nc23)c1F.Cc1nc(Br)ccc1F.Cc1noc(C)c1-c1cc2c(c(C(=O)c3ccccn3)c1)N=C(C1CC1)B2OC#N. The van der Waals surface area contributed by atoms with Crippen LogP contribution in [-0.4, -0.2) is 63.6 Å². The molecule has 76 heavy (non-hydrogen) atoms. The number of aliphatic imine (C=N–C) groups is 1. The van der Waals surface area contributed by atoms with Gasteiger partial charge in [-0.3, -0.25) is 19.8 Å². The molecule has 1 atom stereocenters. The minimum Gasteiger partial charge on any atom is -0.486 e. The molecular formula is C56H49BBr2F2N10O5. The molecule has 2 aliphatic carbocycles. The normalized spacial score (nSPS) is 14.3. The molecule has 0 radical (unpaired) electrons. The van der Waals surface area contributed by atoms with Gasteiger partial charge in [-0.15, -0.1) is 0 Å². The second-order valence-corrected chi connectivity index (χ2v) is 20.3. The largest absolute Gasteiger partial charge is 0.486 e. The van der Waals surface area contributed by atoms with Gasteiger partial charge in [-0.2, -0.15) is 5.26 Å². The highest BCUT2D eigenvalue weighted by Crippen LogP contribution is 2.46. The van der Waals surface area contributed by atoms with Gasteiger partial charge < -0.3 is 23.8 Å². The van der Waals surface area contributed by atoms with Crippen LogP contribution in [0.25, 0.3) is 33.3 Å². The second kappa shape index (κ2) is 21.6. The van der Waals surface area contributed by atoms with Gasteiger partial charge in [0.05, 0.1) is 50.8 Å². The van der Waals surface area contributed by atoms with E-state index < -0.39 is 18.3 Å². The zero-order chi connectivity index (χ0) is 52.9. The first-order chi connectivity index (χ1) is 36.0. The zero-order valence-corrected chi connectivity index (χ0v) is 44.5. The lowest BCUT2D eigenvalue weighted by atomic mass is 9.56. The molecule has 0 spiro atoms. The van der Waals surface area contributed by atoms with Crippen molar-refractivity contribution in [3.63, 3.8) is 0 Å². The van der Waals surface area contributed by atoms with Crippen molar-refractivity contribution in [3.8, 4) is 28.5 Å². The fourth-order valence-corrected chi connectivity index (χ4v) is 10.3. The molecule has 7 aromatic heterocycles. The van der Waals surface area contributed by atoms with E-state index in [0.29, 0.717) is 60.4 Å². The monoisotopic (exact) mass is 1150 g/mol. The molecule has 0 amide bonds. The van der Waals surface area contributed by atoms with Crippen LogP contribution in [0.3, 0.4) is 0 Å². The van der Waals surface area contributed by atoms with E-state index in [2.05, 4.69) is 67.1 Å². The first kappa shape index (κ1) is 53.2. The summed E-state index contributed by atoms with van der Waals surface area (Å²) in [5.41, 5.74) is 8.14. The molecule has 0 bridgehead atoms. The van der Waals surface area contributed by atoms with Gasteiger partial charge in [0.1, 0.15) is 38.1 Å². The van der Waals surface area contributed by atoms with E-state index in [4.69, 9.17) is 23.7 Å². The standard InChI is InChI=1S/C27H23BrFN5O2.C22H17BN4O3.C6H5BrFN.CH4/c1-13-23(15(3)36-34-13)17-10-19(25-20(11-17)32-26(33-25)16-7-8-16)27(35,21-6-4-5-9-30-21)18-12-22(28)31-14(2)24(18)29;1-12-19(13(2)30-27-12)15-9-16(21(28)18-5-3-4-8-25-18)20-17(10-15)23(29-11-24)22(26-20)14-6-7-14;1-4-5(8)2-3-6(7)9-4;/h4-6,9-12,16,35H,7-8H2,1-3H3,(H,32,33);3-5,8-10,14H,6-7H2,1-2H3;2-3H,1H3;1H4. The maximum atomic E-state index is 15.8. The molecule has 1 aliphatic heterocycles. The number of nitrogens with zero attached hydrogens (tertiary/aromatic N) is 9. The number of aryl methyl sites for hydroxylation is 6. The third-order valence-corrected chi connectivity index (χ3v) is 14.2. The molecule has 0 saturated heterocycles. The van der Waals surface area contributed by atoms with Crippen molar-refractivity contribution < 1.29 is 32.4 Å². The molecule has 12 rings (SSSR count). The van der Waals surface area contributed by atoms with Gasteiger partial charge in [0, 0.05) is 46.2 Å². The van der Waals surface area contributed by atoms with E-state index in [1.165, 1.54) is 12.1 Å². The number of pyridine rings is 4. The Kier molecular flexibility index (Phi) is 15.1. The summed E-state index contributed by atoms with van der Waals surface area (Å²) in [6.45, 7) is 10.0. The van der Waals surface area contributed by atoms with E-state index in [1.54, 1.807) is 68.7 Å². The van der Waals surface area contributed by atoms with Gasteiger partial charge in [-0.05, 0) is 182 Å². The summed E-state index contributed by atoms with van der Waals surface area (Å²) in [5, 5.41) is 30.0. The van der Waals surface area contributed by atoms with Crippen LogP contribution in [0.2, 0.25) is 0 Å². The van der Waals surface area contributed by atoms with Crippen molar-refractivity contribution in [2.45, 2.75) is 86.2 Å². The Morgan fingerprint density at radius 2 is 1.42 bits per heavy atom. The summed E-state index contributed by atoms with van der Waals surface area (Å²) >= 11 is 6.50. The van der Waals surface area contributed by atoms with Crippen LogP contribution in [0.15, 0.2) is 115 Å². The van der Waals surface area contributed by atoms with Gasteiger partial charge in [0.25, 0.3) is 6.26 Å². The third kappa shape index (κ3) is 10.3. The lowest BCUT2D eigenvalue weighted by molar-refractivity contribution is 0.103. The average molecular weight is 1150 g/mol. The Bertz CT molecular complexity index is 3720. The lowest BCUT2D eigenvalue weighted by Crippen LogP contribution is -2.38. The topological polar surface area (TPSA) is 215 Å². The number of aromatic amines is 1. The summed E-state index contributed by atoms with van der Waals surface area (Å²) in [6.07, 6.45) is 9.12. The summed E-state index contributed by atoms with van der Waals surface area (Å²) in [4.78, 5) is 43.2. The first-order valence-corrected chi connectivity index (χ1v) is 25.6. The van der Waals surface area contributed by atoms with Crippen molar-refractivity contribution in [2.75, 3.05) is 0 Å². The molecule has 1 unspecified atom stereocenters. The van der Waals surface area contributed by atoms with Crippen molar-refractivity contribution in [2.24, 2.45) is 10.9 Å². The minimum absolute atomic E-state index is 0. The fourth-order valence-electron chi connectivity index (χ4n) is 9.43. The van der Waals surface area contributed by atoms with E-state index in [0.717, 1.165) is 81.7 Å². The highest BCUT2D eigenvalue weighted by molar-refractivity contribution is 9.10. The Morgan fingerprint density at radius 1 is 0.776 bits per heavy atom. The van der Waals surface area contributed by atoms with Crippen molar-refractivity contribution in [1.29, 1.82) is 5.26 Å². The number of rotatable bonds is 10. The van der Waals surface area contributed by atoms with E-state index in [1.807, 2.05) is 58.2 Å². The molecule has 8 heterocycles. The van der Waals surface area contributed by atoms with Crippen LogP contribution in [-0.2, 0) is 10.3 Å². The number of H-pyrrole nitrogens is 1. The maximum absolute atomic E-state index is 15.8. The van der Waals surface area contributed by atoms with Crippen molar-refractivity contribution in [3.05, 3.63) is 180 Å². The molecule has 2 N–H and O–H groups in total. The van der Waals surface area contributed by atoms with Crippen LogP contribution in [0.5, 0.6) is 0 Å². The highest BCUT2D eigenvalue weighted by atomic mass is 79.9. The number of ketones is 1. The molecule has 2 fully saturated rings. The number of aromatic nitrogens is 8. The van der Waals surface area contributed by atoms with Crippen LogP contribution in [0.4, 0.5) is 14.5 Å². The van der Waals surface area contributed by atoms with Crippen LogP contribution < -0.4 is 5.46 Å². The number of hydrogen-bond donors (Lipinski definition) is 2. The average Bonchev–Trinajstić information content (AvgIpc) is 4.35. The summed E-state index contributed by atoms with van der Waals surface area (Å²) < 4.78 is 45.5. The number of benzene rings is 2. The van der Waals surface area contributed by atoms with Gasteiger partial charge >= 0.3 is 6.92 Å². The van der Waals surface area contributed by atoms with Crippen molar-refractivity contribution in [1.82, 2.24) is 40.2 Å². The van der Waals surface area contributed by atoms with Gasteiger partial charge in [0.15, 0.2) is 11.4 Å². The number of nitrogens with one attached hydrogen (secondary N) is 1. The van der Waals surface area contributed by atoms with Gasteiger partial charge in [0.2, 0.25) is 5.78 Å². The minimum atomic E-state index is -1.97. The second-order valence-electron chi connectivity index (χ2n) is 18.6. The van der Waals surface area contributed by atoms with Gasteiger partial charge in [-0.25, -0.2) is 23.7 Å². The number of carbonyl (C=O) groups excluding carboxylic acids is 1. The first-order valence-electron chi connectivity index (χ1n) is 24.0. The van der Waals surface area contributed by atoms with Crippen LogP contribution in [0.1, 0.15) is 112 Å². The quantitative estimate of drug-likeness (QED) is 0.0565. The number of aliphatic hydroxyl groups is 1. The molecule has 384 valence electrons. The van der Waals surface area contributed by atoms with Gasteiger partial charge in [-0.1, -0.05) is 35.9 Å². The number of carbonyl (C=O) groups is 1. The molecule has 2 aromatic carbocycles. The fraction of sp³-hybridized carbons (Fsp3) is 0.250. The predicted molar refractivity (Wildman–Crippen MR) is 290 cm³/mol. The summed E-state index contributed by atoms with van der Waals surface area (Å²) in [6, 6.07) is 22.4. The molecule has 9 aromatic rings.